The molecule has 2 aromatic heterocycles. The molecule has 29 heavy (non-hydrogen) atoms. The Labute approximate surface area is 166 Å². The quantitative estimate of drug-likeness (QED) is 0.414. The molecule has 0 unspecified atom stereocenters. The van der Waals surface area contributed by atoms with Gasteiger partial charge in [0.1, 0.15) is 10.7 Å². The maximum absolute atomic E-state index is 12.5. The minimum atomic E-state index is -0.458. The van der Waals surface area contributed by atoms with E-state index < -0.39 is 11.1 Å². The van der Waals surface area contributed by atoms with Crippen molar-refractivity contribution in [1.29, 1.82) is 0 Å². The second-order valence-electron chi connectivity index (χ2n) is 7.78. The molecule has 152 valence electrons. The molecular weight excluding hydrogens is 372 g/mol. The molecule has 8 nitrogen and oxygen atoms in total. The molecular formula is C21H24N4O4. The second kappa shape index (κ2) is 8.02. The Hall–Kier alpha value is -3.23. The van der Waals surface area contributed by atoms with Gasteiger partial charge in [0.15, 0.2) is 0 Å². The van der Waals surface area contributed by atoms with Crippen LogP contribution in [0.25, 0.3) is 12.2 Å². The number of benzene rings is 1. The maximum Gasteiger partial charge on any atom is 0.272 e. The first-order valence-corrected chi connectivity index (χ1v) is 9.16. The van der Waals surface area contributed by atoms with Gasteiger partial charge < -0.3 is 25.2 Å². The summed E-state index contributed by atoms with van der Waals surface area (Å²) in [6.45, 7) is 5.63. The molecule has 0 aliphatic heterocycles. The fourth-order valence-electron chi connectivity index (χ4n) is 3.05. The van der Waals surface area contributed by atoms with Crippen LogP contribution in [-0.2, 0) is 18.6 Å². The summed E-state index contributed by atoms with van der Waals surface area (Å²) in [5, 5.41) is 18.9. The number of imidazole rings is 1. The zero-order valence-corrected chi connectivity index (χ0v) is 16.5. The summed E-state index contributed by atoms with van der Waals surface area (Å²) in [5.41, 5.74) is 2.11. The van der Waals surface area contributed by atoms with E-state index in [0.29, 0.717) is 22.4 Å². The third-order valence-electron chi connectivity index (χ3n) is 4.57. The van der Waals surface area contributed by atoms with Crippen LogP contribution in [0.15, 0.2) is 34.1 Å². The monoisotopic (exact) mass is 396 g/mol. The number of rotatable bonds is 4. The summed E-state index contributed by atoms with van der Waals surface area (Å²) >= 11 is 0. The molecule has 0 amide bonds. The van der Waals surface area contributed by atoms with Crippen molar-refractivity contribution in [3.8, 4) is 0 Å². The fraction of sp³-hybridized carbons (Fsp3) is 0.286. The molecule has 0 aliphatic carbocycles. The molecule has 8 heteroatoms. The minimum Gasteiger partial charge on any atom is -0.392 e. The number of hydrogen-bond acceptors (Lipinski definition) is 5. The third kappa shape index (κ3) is 4.44. The van der Waals surface area contributed by atoms with Crippen LogP contribution in [0.5, 0.6) is 0 Å². The van der Waals surface area contributed by atoms with Gasteiger partial charge in [-0.15, -0.1) is 0 Å². The molecule has 0 spiro atoms. The normalized spacial score (nSPS) is 13.3. The Bertz CT molecular complexity index is 1260. The van der Waals surface area contributed by atoms with E-state index in [1.807, 2.05) is 20.8 Å². The van der Waals surface area contributed by atoms with Gasteiger partial charge in [-0.25, -0.2) is 4.98 Å². The van der Waals surface area contributed by atoms with Crippen LogP contribution < -0.4 is 21.8 Å². The summed E-state index contributed by atoms with van der Waals surface area (Å²) in [6, 6.07) is 5.02. The van der Waals surface area contributed by atoms with Crippen molar-refractivity contribution in [2.45, 2.75) is 39.4 Å². The first kappa shape index (κ1) is 20.5. The van der Waals surface area contributed by atoms with Crippen LogP contribution in [0.2, 0.25) is 0 Å². The molecule has 3 rings (SSSR count). The number of nitrogens with zero attached hydrogens (tertiary/aromatic N) is 1. The Balaban J connectivity index is 2.10. The lowest BCUT2D eigenvalue weighted by Crippen LogP contribution is -2.46. The van der Waals surface area contributed by atoms with E-state index in [0.717, 1.165) is 5.69 Å². The summed E-state index contributed by atoms with van der Waals surface area (Å²) in [5.74, 6) is 0. The highest BCUT2D eigenvalue weighted by Crippen LogP contribution is 2.22. The molecule has 0 bridgehead atoms. The van der Waals surface area contributed by atoms with Crippen molar-refractivity contribution in [3.63, 3.8) is 0 Å². The van der Waals surface area contributed by atoms with Gasteiger partial charge in [-0.1, -0.05) is 32.9 Å². The van der Waals surface area contributed by atoms with E-state index >= 15 is 0 Å². The molecule has 0 aliphatic rings. The van der Waals surface area contributed by atoms with Crippen molar-refractivity contribution in [1.82, 2.24) is 19.9 Å². The lowest BCUT2D eigenvalue weighted by atomic mass is 9.90. The van der Waals surface area contributed by atoms with Gasteiger partial charge in [0.25, 0.3) is 11.1 Å². The molecule has 5 N–H and O–H groups in total. The van der Waals surface area contributed by atoms with Crippen molar-refractivity contribution < 1.29 is 10.2 Å². The number of aromatic amines is 3. The Morgan fingerprint density at radius 3 is 2.17 bits per heavy atom. The van der Waals surface area contributed by atoms with Gasteiger partial charge in [-0.3, -0.25) is 9.59 Å². The summed E-state index contributed by atoms with van der Waals surface area (Å²) in [7, 11) is 0. The number of nitrogens with one attached hydrogen (secondary N) is 3. The number of H-pyrrole nitrogens is 3. The first-order chi connectivity index (χ1) is 13.7. The van der Waals surface area contributed by atoms with Gasteiger partial charge in [0.2, 0.25) is 0 Å². The topological polar surface area (TPSA) is 135 Å². The predicted octanol–water partition coefficient (Wildman–Crippen LogP) is -0.274. The molecule has 2 heterocycles. The zero-order valence-electron chi connectivity index (χ0n) is 16.5. The van der Waals surface area contributed by atoms with E-state index in [1.54, 1.807) is 30.6 Å². The van der Waals surface area contributed by atoms with E-state index in [4.69, 9.17) is 0 Å². The summed E-state index contributed by atoms with van der Waals surface area (Å²) < 4.78 is 0. The Morgan fingerprint density at radius 2 is 1.59 bits per heavy atom. The van der Waals surface area contributed by atoms with Crippen LogP contribution in [-0.4, -0.2) is 30.1 Å². The molecule has 0 radical (unpaired) electrons. The summed E-state index contributed by atoms with van der Waals surface area (Å²) in [6.07, 6.45) is 4.61. The van der Waals surface area contributed by atoms with Gasteiger partial charge in [-0.2, -0.15) is 0 Å². The zero-order chi connectivity index (χ0) is 21.2. The summed E-state index contributed by atoms with van der Waals surface area (Å²) in [4.78, 5) is 37.5. The third-order valence-corrected chi connectivity index (χ3v) is 4.57. The van der Waals surface area contributed by atoms with Crippen molar-refractivity contribution in [3.05, 3.63) is 84.0 Å². The Kier molecular flexibility index (Phi) is 5.67. The van der Waals surface area contributed by atoms with E-state index in [1.165, 1.54) is 6.08 Å². The SMILES string of the molecule is CC(C)(C)c1[nH]cnc1/C=c1\[nH]c(=O)/c(=C/c2ccc(CO)c(CO)c2)[nH]c1=O. The highest BCUT2D eigenvalue weighted by Gasteiger charge is 2.19. The Morgan fingerprint density at radius 1 is 0.966 bits per heavy atom. The van der Waals surface area contributed by atoms with Gasteiger partial charge in [-0.05, 0) is 34.9 Å². The van der Waals surface area contributed by atoms with Crippen LogP contribution in [0.1, 0.15) is 48.8 Å². The van der Waals surface area contributed by atoms with Gasteiger partial charge >= 0.3 is 0 Å². The highest BCUT2D eigenvalue weighted by atomic mass is 16.3. The molecule has 0 saturated carbocycles. The number of aliphatic hydroxyl groups is 2. The van der Waals surface area contributed by atoms with Gasteiger partial charge in [0, 0.05) is 11.1 Å². The van der Waals surface area contributed by atoms with Gasteiger partial charge in [0.05, 0.1) is 25.2 Å². The van der Waals surface area contributed by atoms with E-state index in [9.17, 15) is 19.8 Å². The lowest BCUT2D eigenvalue weighted by Gasteiger charge is -2.16. The maximum atomic E-state index is 12.5. The van der Waals surface area contributed by atoms with E-state index in [2.05, 4.69) is 19.9 Å². The van der Waals surface area contributed by atoms with Crippen LogP contribution >= 0.6 is 0 Å². The predicted molar refractivity (Wildman–Crippen MR) is 110 cm³/mol. The van der Waals surface area contributed by atoms with Crippen molar-refractivity contribution in [2.75, 3.05) is 0 Å². The molecule has 3 aromatic rings. The second-order valence-corrected chi connectivity index (χ2v) is 7.78. The number of hydrogen-bond donors (Lipinski definition) is 5. The van der Waals surface area contributed by atoms with Crippen LogP contribution in [0, 0.1) is 0 Å². The minimum absolute atomic E-state index is 0.0888. The van der Waals surface area contributed by atoms with Crippen LogP contribution in [0.4, 0.5) is 0 Å². The smallest absolute Gasteiger partial charge is 0.272 e. The fourth-order valence-corrected chi connectivity index (χ4v) is 3.05. The first-order valence-electron chi connectivity index (χ1n) is 9.16. The number of aromatic nitrogens is 4. The molecule has 0 atom stereocenters. The molecule has 1 aromatic carbocycles. The number of aliphatic hydroxyl groups excluding tert-OH is 2. The van der Waals surface area contributed by atoms with E-state index in [-0.39, 0.29) is 29.3 Å². The molecule has 0 saturated heterocycles. The molecule has 0 fully saturated rings. The average Bonchev–Trinajstić information content (AvgIpc) is 3.14. The standard InChI is InChI=1S/C21H24N4O4/c1-21(2,3)18-15(22-11-23-18)8-17-20(29)24-16(19(28)25-17)7-12-4-5-13(9-26)14(6-12)10-27/h4-8,11,26-27H,9-10H2,1-3H3,(H,22,23)(H,24,29)(H,25,28)/b16-7-,17-8-. The lowest BCUT2D eigenvalue weighted by molar-refractivity contribution is 0.260. The van der Waals surface area contributed by atoms with Crippen molar-refractivity contribution >= 4 is 12.2 Å². The highest BCUT2D eigenvalue weighted by molar-refractivity contribution is 5.51. The van der Waals surface area contributed by atoms with Crippen LogP contribution in [0.3, 0.4) is 0 Å². The largest absolute Gasteiger partial charge is 0.392 e. The van der Waals surface area contributed by atoms with Crippen molar-refractivity contribution in [2.24, 2.45) is 0 Å². The average molecular weight is 396 g/mol.